The standard InChI is InChI=1S/C13H19FN2O3/c1-19-8-11(17)4-5-16-7-10-6-9(13(15)18)2-3-12(10)14/h2-3,6,11,16-17H,4-5,7-8H2,1H3,(H2,15,18). The van der Waals surface area contributed by atoms with E-state index in [2.05, 4.69) is 5.32 Å². The van der Waals surface area contributed by atoms with Crippen molar-refractivity contribution in [2.24, 2.45) is 5.73 Å². The molecule has 6 heteroatoms. The van der Waals surface area contributed by atoms with E-state index in [0.717, 1.165) is 0 Å². The summed E-state index contributed by atoms with van der Waals surface area (Å²) in [6.45, 7) is 1.06. The molecule has 1 aromatic carbocycles. The van der Waals surface area contributed by atoms with Crippen LogP contribution in [0, 0.1) is 5.82 Å². The first kappa shape index (κ1) is 15.6. The molecule has 0 fully saturated rings. The van der Waals surface area contributed by atoms with Gasteiger partial charge < -0.3 is 20.9 Å². The van der Waals surface area contributed by atoms with Crippen LogP contribution in [0.2, 0.25) is 0 Å². The van der Waals surface area contributed by atoms with Crippen molar-refractivity contribution < 1.29 is 19.0 Å². The van der Waals surface area contributed by atoms with Gasteiger partial charge >= 0.3 is 0 Å². The topological polar surface area (TPSA) is 84.6 Å². The molecule has 0 saturated carbocycles. The molecule has 19 heavy (non-hydrogen) atoms. The number of benzene rings is 1. The highest BCUT2D eigenvalue weighted by atomic mass is 19.1. The first-order valence-corrected chi connectivity index (χ1v) is 6.00. The summed E-state index contributed by atoms with van der Waals surface area (Å²) < 4.78 is 18.3. The van der Waals surface area contributed by atoms with Crippen LogP contribution in [0.25, 0.3) is 0 Å². The van der Waals surface area contributed by atoms with Gasteiger partial charge in [0.15, 0.2) is 0 Å². The second-order valence-electron chi connectivity index (χ2n) is 4.25. The number of carbonyl (C=O) groups is 1. The minimum Gasteiger partial charge on any atom is -0.391 e. The Morgan fingerprint density at radius 2 is 2.32 bits per heavy atom. The number of halogens is 1. The number of nitrogens with one attached hydrogen (secondary N) is 1. The molecule has 5 nitrogen and oxygen atoms in total. The molecule has 0 bridgehead atoms. The fraction of sp³-hybridized carbons (Fsp3) is 0.462. The number of aliphatic hydroxyl groups is 1. The Morgan fingerprint density at radius 3 is 2.95 bits per heavy atom. The van der Waals surface area contributed by atoms with E-state index in [1.807, 2.05) is 0 Å². The van der Waals surface area contributed by atoms with Gasteiger partial charge in [0.25, 0.3) is 0 Å². The zero-order chi connectivity index (χ0) is 14.3. The Kier molecular flexibility index (Phi) is 6.41. The molecule has 0 aliphatic rings. The molecular weight excluding hydrogens is 251 g/mol. The van der Waals surface area contributed by atoms with Crippen LogP contribution in [0.15, 0.2) is 18.2 Å². The van der Waals surface area contributed by atoms with Gasteiger partial charge in [-0.15, -0.1) is 0 Å². The van der Waals surface area contributed by atoms with Crippen LogP contribution in [0.1, 0.15) is 22.3 Å². The van der Waals surface area contributed by atoms with E-state index < -0.39 is 17.8 Å². The van der Waals surface area contributed by atoms with Crippen molar-refractivity contribution in [3.8, 4) is 0 Å². The third kappa shape index (κ3) is 5.34. The Bertz CT molecular complexity index is 426. The monoisotopic (exact) mass is 270 g/mol. The van der Waals surface area contributed by atoms with Crippen molar-refractivity contribution in [2.45, 2.75) is 19.1 Å². The minimum absolute atomic E-state index is 0.270. The predicted octanol–water partition coefficient (Wildman–Crippen LogP) is 0.412. The summed E-state index contributed by atoms with van der Waals surface area (Å²) in [7, 11) is 1.52. The smallest absolute Gasteiger partial charge is 0.248 e. The lowest BCUT2D eigenvalue weighted by molar-refractivity contribution is 0.0594. The quantitative estimate of drug-likeness (QED) is 0.597. The normalized spacial score (nSPS) is 12.4. The highest BCUT2D eigenvalue weighted by Crippen LogP contribution is 2.10. The number of rotatable bonds is 8. The van der Waals surface area contributed by atoms with E-state index >= 15 is 0 Å². The summed E-state index contributed by atoms with van der Waals surface area (Å²) in [5, 5.41) is 12.4. The zero-order valence-electron chi connectivity index (χ0n) is 10.9. The number of amides is 1. The van der Waals surface area contributed by atoms with Crippen molar-refractivity contribution >= 4 is 5.91 Å². The molecule has 1 amide bonds. The van der Waals surface area contributed by atoms with Crippen LogP contribution in [-0.2, 0) is 11.3 Å². The summed E-state index contributed by atoms with van der Waals surface area (Å²) >= 11 is 0. The van der Waals surface area contributed by atoms with Crippen LogP contribution < -0.4 is 11.1 Å². The summed E-state index contributed by atoms with van der Waals surface area (Å²) in [5.41, 5.74) is 5.78. The van der Waals surface area contributed by atoms with Crippen LogP contribution >= 0.6 is 0 Å². The molecule has 0 radical (unpaired) electrons. The van der Waals surface area contributed by atoms with E-state index in [-0.39, 0.29) is 18.7 Å². The van der Waals surface area contributed by atoms with E-state index in [1.54, 1.807) is 0 Å². The van der Waals surface area contributed by atoms with Crippen molar-refractivity contribution in [1.29, 1.82) is 0 Å². The first-order valence-electron chi connectivity index (χ1n) is 6.00. The molecule has 1 atom stereocenters. The molecular formula is C13H19FN2O3. The maximum Gasteiger partial charge on any atom is 0.248 e. The molecule has 0 saturated heterocycles. The Hall–Kier alpha value is -1.50. The highest BCUT2D eigenvalue weighted by molar-refractivity contribution is 5.92. The van der Waals surface area contributed by atoms with Gasteiger partial charge in [0, 0.05) is 24.8 Å². The minimum atomic E-state index is -0.586. The highest BCUT2D eigenvalue weighted by Gasteiger charge is 2.07. The van der Waals surface area contributed by atoms with Gasteiger partial charge in [0.2, 0.25) is 5.91 Å². The van der Waals surface area contributed by atoms with E-state index in [0.29, 0.717) is 18.5 Å². The number of hydrogen-bond donors (Lipinski definition) is 3. The van der Waals surface area contributed by atoms with Gasteiger partial charge in [-0.3, -0.25) is 4.79 Å². The SMILES string of the molecule is COCC(O)CCNCc1cc(C(N)=O)ccc1F. The number of ether oxygens (including phenoxy) is 1. The lowest BCUT2D eigenvalue weighted by Gasteiger charge is -2.10. The molecule has 0 aromatic heterocycles. The number of primary amides is 1. The zero-order valence-corrected chi connectivity index (χ0v) is 10.9. The molecule has 106 valence electrons. The fourth-order valence-electron chi connectivity index (χ4n) is 1.63. The van der Waals surface area contributed by atoms with E-state index in [1.165, 1.54) is 25.3 Å². The van der Waals surface area contributed by atoms with Crippen LogP contribution in [-0.4, -0.2) is 37.4 Å². The van der Waals surface area contributed by atoms with Gasteiger partial charge in [-0.25, -0.2) is 4.39 Å². The van der Waals surface area contributed by atoms with Crippen LogP contribution in [0.5, 0.6) is 0 Å². The first-order chi connectivity index (χ1) is 9.04. The third-order valence-corrected chi connectivity index (χ3v) is 2.66. The van der Waals surface area contributed by atoms with Gasteiger partial charge in [-0.05, 0) is 31.2 Å². The van der Waals surface area contributed by atoms with Crippen LogP contribution in [0.3, 0.4) is 0 Å². The predicted molar refractivity (Wildman–Crippen MR) is 69.1 cm³/mol. The van der Waals surface area contributed by atoms with E-state index in [9.17, 15) is 14.3 Å². The van der Waals surface area contributed by atoms with Crippen molar-refractivity contribution in [3.05, 3.63) is 35.1 Å². The number of carbonyl (C=O) groups excluding carboxylic acids is 1. The average molecular weight is 270 g/mol. The van der Waals surface area contributed by atoms with Gasteiger partial charge in [0.1, 0.15) is 5.82 Å². The second-order valence-corrected chi connectivity index (χ2v) is 4.25. The summed E-state index contributed by atoms with van der Waals surface area (Å²) in [6, 6.07) is 4.00. The van der Waals surface area contributed by atoms with Gasteiger partial charge in [0.05, 0.1) is 12.7 Å². The number of methoxy groups -OCH3 is 1. The third-order valence-electron chi connectivity index (χ3n) is 2.66. The maximum absolute atomic E-state index is 13.5. The van der Waals surface area contributed by atoms with Crippen molar-refractivity contribution in [2.75, 3.05) is 20.3 Å². The lowest BCUT2D eigenvalue weighted by Crippen LogP contribution is -2.23. The number of aliphatic hydroxyl groups excluding tert-OH is 1. The van der Waals surface area contributed by atoms with Crippen molar-refractivity contribution in [3.63, 3.8) is 0 Å². The molecule has 1 rings (SSSR count). The molecule has 4 N–H and O–H groups in total. The van der Waals surface area contributed by atoms with Crippen LogP contribution in [0.4, 0.5) is 4.39 Å². The molecule has 0 aliphatic heterocycles. The average Bonchev–Trinajstić information content (AvgIpc) is 2.36. The lowest BCUT2D eigenvalue weighted by atomic mass is 10.1. The summed E-state index contributed by atoms with van der Waals surface area (Å²) in [5.74, 6) is -0.980. The summed E-state index contributed by atoms with van der Waals surface area (Å²) in [4.78, 5) is 11.0. The van der Waals surface area contributed by atoms with Crippen molar-refractivity contribution in [1.82, 2.24) is 5.32 Å². The Labute approximate surface area is 111 Å². The molecule has 1 aromatic rings. The van der Waals surface area contributed by atoms with E-state index in [4.69, 9.17) is 10.5 Å². The summed E-state index contributed by atoms with van der Waals surface area (Å²) in [6.07, 6.45) is -0.0374. The largest absolute Gasteiger partial charge is 0.391 e. The molecule has 0 aliphatic carbocycles. The number of nitrogens with two attached hydrogens (primary N) is 1. The maximum atomic E-state index is 13.5. The second kappa shape index (κ2) is 7.83. The van der Waals surface area contributed by atoms with Gasteiger partial charge in [-0.1, -0.05) is 0 Å². The fourth-order valence-corrected chi connectivity index (χ4v) is 1.63. The molecule has 1 unspecified atom stereocenters. The molecule has 0 heterocycles. The van der Waals surface area contributed by atoms with Gasteiger partial charge in [-0.2, -0.15) is 0 Å². The molecule has 0 spiro atoms. The Morgan fingerprint density at radius 1 is 1.58 bits per heavy atom. The Balaban J connectivity index is 2.44. The number of hydrogen-bond acceptors (Lipinski definition) is 4.